The molecule has 2 heteroatoms. The van der Waals surface area contributed by atoms with E-state index in [2.05, 4.69) is 34.6 Å². The van der Waals surface area contributed by atoms with Gasteiger partial charge in [0.25, 0.3) is 0 Å². The minimum atomic E-state index is -0.0706. The highest BCUT2D eigenvalue weighted by Gasteiger charge is 2.15. The Morgan fingerprint density at radius 3 is 2.14 bits per heavy atom. The molecule has 0 unspecified atom stereocenters. The maximum absolute atomic E-state index is 5.56. The lowest BCUT2D eigenvalue weighted by molar-refractivity contribution is -0.00722. The third kappa shape index (κ3) is 6.17. The summed E-state index contributed by atoms with van der Waals surface area (Å²) >= 11 is 0. The van der Waals surface area contributed by atoms with Crippen LogP contribution in [0.2, 0.25) is 0 Å². The number of ether oxygens (including phenoxy) is 2. The second-order valence-electron chi connectivity index (χ2n) is 4.55. The van der Waals surface area contributed by atoms with Gasteiger partial charge in [-0.2, -0.15) is 0 Å². The average molecular weight is 200 g/mol. The Bertz CT molecular complexity index is 188. The molecule has 0 bridgehead atoms. The number of methoxy groups -OCH3 is 1. The minimum absolute atomic E-state index is 0.0706. The van der Waals surface area contributed by atoms with Crippen LogP contribution in [0.25, 0.3) is 0 Å². The van der Waals surface area contributed by atoms with Crippen LogP contribution < -0.4 is 0 Å². The van der Waals surface area contributed by atoms with Crippen LogP contribution in [0.5, 0.6) is 0 Å². The van der Waals surface area contributed by atoms with Gasteiger partial charge in [-0.25, -0.2) is 0 Å². The zero-order valence-corrected chi connectivity index (χ0v) is 10.4. The van der Waals surface area contributed by atoms with Gasteiger partial charge in [-0.3, -0.25) is 0 Å². The molecule has 0 atom stereocenters. The second kappa shape index (κ2) is 6.20. The van der Waals surface area contributed by atoms with Crippen molar-refractivity contribution in [3.8, 4) is 0 Å². The molecule has 0 amide bonds. The van der Waals surface area contributed by atoms with Gasteiger partial charge in [-0.05, 0) is 46.6 Å². The van der Waals surface area contributed by atoms with Gasteiger partial charge in [0.1, 0.15) is 0 Å². The predicted molar refractivity (Wildman–Crippen MR) is 60.6 cm³/mol. The average Bonchev–Trinajstić information content (AvgIpc) is 2.12. The summed E-state index contributed by atoms with van der Waals surface area (Å²) in [6.07, 6.45) is 0.930. The Hall–Kier alpha value is -0.340. The van der Waals surface area contributed by atoms with Crippen molar-refractivity contribution in [2.75, 3.05) is 20.3 Å². The fourth-order valence-corrected chi connectivity index (χ4v) is 0.790. The largest absolute Gasteiger partial charge is 0.379 e. The van der Waals surface area contributed by atoms with Crippen molar-refractivity contribution in [2.24, 2.45) is 0 Å². The molecule has 0 aliphatic rings. The molecule has 0 spiro atoms. The third-order valence-electron chi connectivity index (χ3n) is 2.57. The van der Waals surface area contributed by atoms with Crippen molar-refractivity contribution in [2.45, 2.75) is 46.6 Å². The SMILES string of the molecule is COC(C)(C)CCOCC(C)=C(C)C. The lowest BCUT2D eigenvalue weighted by Gasteiger charge is -2.22. The molecule has 0 rings (SSSR count). The molecule has 84 valence electrons. The van der Waals surface area contributed by atoms with Crippen LogP contribution in [-0.2, 0) is 9.47 Å². The Labute approximate surface area is 88.3 Å². The molecule has 2 nitrogen and oxygen atoms in total. The van der Waals surface area contributed by atoms with E-state index in [1.165, 1.54) is 11.1 Å². The van der Waals surface area contributed by atoms with Crippen molar-refractivity contribution in [1.29, 1.82) is 0 Å². The highest BCUT2D eigenvalue weighted by atomic mass is 16.5. The van der Waals surface area contributed by atoms with Crippen molar-refractivity contribution in [3.05, 3.63) is 11.1 Å². The molecule has 14 heavy (non-hydrogen) atoms. The number of allylic oxidation sites excluding steroid dienone is 1. The monoisotopic (exact) mass is 200 g/mol. The van der Waals surface area contributed by atoms with Crippen LogP contribution in [0.15, 0.2) is 11.1 Å². The molecule has 0 fully saturated rings. The smallest absolute Gasteiger partial charge is 0.0676 e. The predicted octanol–water partition coefficient (Wildman–Crippen LogP) is 3.17. The van der Waals surface area contributed by atoms with E-state index in [9.17, 15) is 0 Å². The molecule has 0 aromatic rings. The lowest BCUT2D eigenvalue weighted by atomic mass is 10.1. The van der Waals surface area contributed by atoms with Crippen molar-refractivity contribution < 1.29 is 9.47 Å². The van der Waals surface area contributed by atoms with Crippen LogP contribution >= 0.6 is 0 Å². The second-order valence-corrected chi connectivity index (χ2v) is 4.55. The zero-order chi connectivity index (χ0) is 11.2. The van der Waals surface area contributed by atoms with Crippen molar-refractivity contribution >= 4 is 0 Å². The third-order valence-corrected chi connectivity index (χ3v) is 2.57. The summed E-state index contributed by atoms with van der Waals surface area (Å²) in [6.45, 7) is 12.0. The summed E-state index contributed by atoms with van der Waals surface area (Å²) in [6, 6.07) is 0. The molecule has 0 saturated heterocycles. The van der Waals surface area contributed by atoms with E-state index in [1.807, 2.05) is 0 Å². The molecule has 0 heterocycles. The lowest BCUT2D eigenvalue weighted by Crippen LogP contribution is -2.24. The topological polar surface area (TPSA) is 18.5 Å². The van der Waals surface area contributed by atoms with Gasteiger partial charge >= 0.3 is 0 Å². The maximum Gasteiger partial charge on any atom is 0.0676 e. The molecule has 0 aliphatic carbocycles. The van der Waals surface area contributed by atoms with Crippen LogP contribution in [0.1, 0.15) is 41.0 Å². The summed E-state index contributed by atoms with van der Waals surface area (Å²) in [7, 11) is 1.74. The molecular weight excluding hydrogens is 176 g/mol. The van der Waals surface area contributed by atoms with E-state index >= 15 is 0 Å². The molecular formula is C12H24O2. The van der Waals surface area contributed by atoms with Crippen LogP contribution in [0, 0.1) is 0 Å². The van der Waals surface area contributed by atoms with Gasteiger partial charge in [0.2, 0.25) is 0 Å². The Morgan fingerprint density at radius 1 is 1.14 bits per heavy atom. The van der Waals surface area contributed by atoms with E-state index in [-0.39, 0.29) is 5.60 Å². The molecule has 0 N–H and O–H groups in total. The van der Waals surface area contributed by atoms with Gasteiger partial charge in [0.05, 0.1) is 12.2 Å². The summed E-state index contributed by atoms with van der Waals surface area (Å²) in [4.78, 5) is 0. The van der Waals surface area contributed by atoms with Gasteiger partial charge in [0.15, 0.2) is 0 Å². The van der Waals surface area contributed by atoms with E-state index in [0.717, 1.165) is 19.6 Å². The van der Waals surface area contributed by atoms with E-state index in [1.54, 1.807) is 7.11 Å². The highest BCUT2D eigenvalue weighted by molar-refractivity contribution is 5.06. The molecule has 0 saturated carbocycles. The van der Waals surface area contributed by atoms with Gasteiger partial charge < -0.3 is 9.47 Å². The quantitative estimate of drug-likeness (QED) is 0.484. The van der Waals surface area contributed by atoms with Crippen LogP contribution in [0.3, 0.4) is 0 Å². The summed E-state index contributed by atoms with van der Waals surface area (Å²) in [5.74, 6) is 0. The number of rotatable bonds is 6. The minimum Gasteiger partial charge on any atom is -0.379 e. The van der Waals surface area contributed by atoms with Crippen LogP contribution in [-0.4, -0.2) is 25.9 Å². The van der Waals surface area contributed by atoms with Gasteiger partial charge in [0, 0.05) is 13.7 Å². The van der Waals surface area contributed by atoms with Gasteiger partial charge in [-0.1, -0.05) is 5.57 Å². The normalized spacial score (nSPS) is 11.6. The first-order chi connectivity index (χ1) is 6.39. The fourth-order valence-electron chi connectivity index (χ4n) is 0.790. The number of hydrogen-bond donors (Lipinski definition) is 0. The first kappa shape index (κ1) is 13.7. The molecule has 0 aliphatic heterocycles. The van der Waals surface area contributed by atoms with E-state index in [0.29, 0.717) is 0 Å². The first-order valence-corrected chi connectivity index (χ1v) is 5.15. The maximum atomic E-state index is 5.56. The first-order valence-electron chi connectivity index (χ1n) is 5.15. The zero-order valence-electron chi connectivity index (χ0n) is 10.4. The van der Waals surface area contributed by atoms with Crippen molar-refractivity contribution in [1.82, 2.24) is 0 Å². The molecule has 0 aromatic carbocycles. The standard InChI is InChI=1S/C12H24O2/c1-10(2)11(3)9-14-8-7-12(4,5)13-6/h7-9H2,1-6H3. The Balaban J connectivity index is 3.63. The number of hydrogen-bond acceptors (Lipinski definition) is 2. The van der Waals surface area contributed by atoms with Crippen molar-refractivity contribution in [3.63, 3.8) is 0 Å². The summed E-state index contributed by atoms with van der Waals surface area (Å²) in [5, 5.41) is 0. The summed E-state index contributed by atoms with van der Waals surface area (Å²) in [5.41, 5.74) is 2.59. The Kier molecular flexibility index (Phi) is 6.05. The summed E-state index contributed by atoms with van der Waals surface area (Å²) < 4.78 is 10.9. The van der Waals surface area contributed by atoms with Crippen LogP contribution in [0.4, 0.5) is 0 Å². The van der Waals surface area contributed by atoms with Gasteiger partial charge in [-0.15, -0.1) is 0 Å². The fraction of sp³-hybridized carbons (Fsp3) is 0.833. The Morgan fingerprint density at radius 2 is 1.71 bits per heavy atom. The molecule has 0 radical (unpaired) electrons. The van der Waals surface area contributed by atoms with E-state index < -0.39 is 0 Å². The molecule has 0 aromatic heterocycles. The van der Waals surface area contributed by atoms with E-state index in [4.69, 9.17) is 9.47 Å². The highest BCUT2D eigenvalue weighted by Crippen LogP contribution is 2.13.